The van der Waals surface area contributed by atoms with Crippen LogP contribution in [0.25, 0.3) is 0 Å². The van der Waals surface area contributed by atoms with Crippen molar-refractivity contribution < 1.29 is 23.2 Å². The molecule has 8 heteroatoms. The van der Waals surface area contributed by atoms with Crippen LogP contribution in [0.4, 0.5) is 4.79 Å². The summed E-state index contributed by atoms with van der Waals surface area (Å²) in [5.74, 6) is 0.148. The van der Waals surface area contributed by atoms with Gasteiger partial charge in [-0.1, -0.05) is 85.7 Å². The van der Waals surface area contributed by atoms with E-state index in [1.54, 1.807) is 0 Å². The first-order valence-corrected chi connectivity index (χ1v) is 20.4. The zero-order valence-corrected chi connectivity index (χ0v) is 28.7. The maximum atomic E-state index is 13.3. The van der Waals surface area contributed by atoms with Crippen LogP contribution < -0.4 is 0 Å². The molecule has 222 valence electrons. The smallest absolute Gasteiger partial charge is 0.416 e. The van der Waals surface area contributed by atoms with E-state index in [-0.39, 0.29) is 53.0 Å². The van der Waals surface area contributed by atoms with Crippen molar-refractivity contribution in [1.82, 2.24) is 4.90 Å². The average molecular weight is 578 g/mol. The highest BCUT2D eigenvalue weighted by Gasteiger charge is 2.43. The van der Waals surface area contributed by atoms with Gasteiger partial charge in [0.15, 0.2) is 16.6 Å². The van der Waals surface area contributed by atoms with Gasteiger partial charge in [-0.3, -0.25) is 4.79 Å². The highest BCUT2D eigenvalue weighted by Crippen LogP contribution is 2.41. The van der Waals surface area contributed by atoms with Gasteiger partial charge in [-0.05, 0) is 60.6 Å². The third-order valence-electron chi connectivity index (χ3n) is 9.23. The Hall–Kier alpha value is -1.49. The van der Waals surface area contributed by atoms with Crippen LogP contribution in [0.5, 0.6) is 0 Å². The van der Waals surface area contributed by atoms with E-state index in [0.29, 0.717) is 19.4 Å². The quantitative estimate of drug-likeness (QED) is 0.235. The molecule has 6 nitrogen and oxygen atoms in total. The van der Waals surface area contributed by atoms with Crippen LogP contribution in [-0.4, -0.2) is 58.9 Å². The summed E-state index contributed by atoms with van der Waals surface area (Å²) >= 11 is 0. The Kier molecular flexibility index (Phi) is 11.2. The molecule has 1 heterocycles. The van der Waals surface area contributed by atoms with E-state index >= 15 is 0 Å². The number of hydrogen-bond donors (Lipinski definition) is 0. The number of imide groups is 1. The molecule has 0 aromatic heterocycles. The highest BCUT2D eigenvalue weighted by atomic mass is 28.4. The van der Waals surface area contributed by atoms with E-state index in [1.807, 2.05) is 30.3 Å². The second-order valence-electron chi connectivity index (χ2n) is 14.6. The van der Waals surface area contributed by atoms with E-state index in [2.05, 4.69) is 81.6 Å². The predicted octanol–water partition coefficient (Wildman–Crippen LogP) is 8.04. The van der Waals surface area contributed by atoms with Gasteiger partial charge < -0.3 is 13.6 Å². The molecule has 1 saturated heterocycles. The molecule has 1 fully saturated rings. The Morgan fingerprint density at radius 2 is 1.54 bits per heavy atom. The van der Waals surface area contributed by atoms with Crippen molar-refractivity contribution in [3.05, 3.63) is 35.9 Å². The minimum atomic E-state index is -2.07. The lowest BCUT2D eigenvalue weighted by molar-refractivity contribution is -0.129. The SMILES string of the molecule is C[C@@H](CCC(=O)N1C(=O)OC[C@H]1Cc1ccccc1)[C@H](O[Si](C)(C)C(C)(C)C)[C@@H](C)CO[Si](C)(C)C(C)(C)C. The molecule has 0 saturated carbocycles. The van der Waals surface area contributed by atoms with Crippen molar-refractivity contribution in [3.63, 3.8) is 0 Å². The summed E-state index contributed by atoms with van der Waals surface area (Å²) in [6, 6.07) is 9.68. The summed E-state index contributed by atoms with van der Waals surface area (Å²) in [7, 11) is -3.97. The van der Waals surface area contributed by atoms with Crippen LogP contribution in [0.2, 0.25) is 36.3 Å². The van der Waals surface area contributed by atoms with Crippen molar-refractivity contribution in [1.29, 1.82) is 0 Å². The molecule has 1 aliphatic rings. The van der Waals surface area contributed by atoms with Gasteiger partial charge >= 0.3 is 6.09 Å². The molecule has 0 radical (unpaired) electrons. The van der Waals surface area contributed by atoms with Crippen LogP contribution in [-0.2, 0) is 24.8 Å². The number of carbonyl (C=O) groups excluding carboxylic acids is 2. The topological polar surface area (TPSA) is 65.1 Å². The third-order valence-corrected chi connectivity index (χ3v) is 18.2. The molecule has 0 aliphatic carbocycles. The summed E-state index contributed by atoms with van der Waals surface area (Å²) in [5, 5.41) is 0.214. The lowest BCUT2D eigenvalue weighted by atomic mass is 9.90. The van der Waals surface area contributed by atoms with Crippen molar-refractivity contribution in [2.24, 2.45) is 11.8 Å². The lowest BCUT2D eigenvalue weighted by Crippen LogP contribution is -2.49. The number of hydrogen-bond acceptors (Lipinski definition) is 5. The molecule has 4 atom stereocenters. The molecule has 1 aromatic rings. The van der Waals surface area contributed by atoms with Gasteiger partial charge in [0.2, 0.25) is 5.91 Å². The van der Waals surface area contributed by atoms with Gasteiger partial charge in [0.25, 0.3) is 0 Å². The molecule has 2 rings (SSSR count). The standard InChI is InChI=1S/C31H55NO5Si2/c1-23(18-19-27(33)32-26(22-35-29(32)34)20-25-16-14-13-15-17-25)28(37-39(11,12)31(6,7)8)24(2)21-36-38(9,10)30(3,4)5/h13-17,23-24,26,28H,18-22H2,1-12H3/t23-,24-,26+,28-/m0/s1. The van der Waals surface area contributed by atoms with E-state index < -0.39 is 22.7 Å². The van der Waals surface area contributed by atoms with E-state index in [9.17, 15) is 9.59 Å². The summed E-state index contributed by atoms with van der Waals surface area (Å²) in [6.45, 7) is 28.0. The number of carbonyl (C=O) groups is 2. The summed E-state index contributed by atoms with van der Waals surface area (Å²) in [5.41, 5.74) is 1.09. The largest absolute Gasteiger partial charge is 0.447 e. The first kappa shape index (κ1) is 33.7. The molecule has 0 spiro atoms. The normalized spacial score (nSPS) is 19.5. The van der Waals surface area contributed by atoms with Crippen LogP contribution >= 0.6 is 0 Å². The second kappa shape index (κ2) is 13.0. The van der Waals surface area contributed by atoms with Gasteiger partial charge in [0, 0.05) is 18.9 Å². The van der Waals surface area contributed by atoms with Gasteiger partial charge in [-0.25, -0.2) is 9.69 Å². The molecule has 0 bridgehead atoms. The van der Waals surface area contributed by atoms with Crippen LogP contribution in [0.1, 0.15) is 73.8 Å². The Morgan fingerprint density at radius 1 is 0.974 bits per heavy atom. The van der Waals surface area contributed by atoms with Crippen LogP contribution in [0.15, 0.2) is 30.3 Å². The fraction of sp³-hybridized carbons (Fsp3) is 0.742. The van der Waals surface area contributed by atoms with Crippen molar-refractivity contribution in [2.45, 2.75) is 123 Å². The monoisotopic (exact) mass is 577 g/mol. The second-order valence-corrected chi connectivity index (χ2v) is 24.2. The van der Waals surface area contributed by atoms with Crippen molar-refractivity contribution >= 4 is 28.6 Å². The van der Waals surface area contributed by atoms with Gasteiger partial charge in [0.05, 0.1) is 12.1 Å². The first-order valence-electron chi connectivity index (χ1n) is 14.6. The average Bonchev–Trinajstić information content (AvgIpc) is 3.18. The van der Waals surface area contributed by atoms with E-state index in [0.717, 1.165) is 5.56 Å². The van der Waals surface area contributed by atoms with Crippen molar-refractivity contribution in [3.8, 4) is 0 Å². The van der Waals surface area contributed by atoms with Gasteiger partial charge in [0.1, 0.15) is 6.61 Å². The molecule has 2 amide bonds. The fourth-order valence-corrected chi connectivity index (χ4v) is 7.01. The van der Waals surface area contributed by atoms with Gasteiger partial charge in [-0.2, -0.15) is 0 Å². The van der Waals surface area contributed by atoms with E-state index in [4.69, 9.17) is 13.6 Å². The maximum Gasteiger partial charge on any atom is 0.416 e. The minimum Gasteiger partial charge on any atom is -0.447 e. The predicted molar refractivity (Wildman–Crippen MR) is 165 cm³/mol. The Bertz CT molecular complexity index is 952. The Balaban J connectivity index is 2.14. The summed E-state index contributed by atoms with van der Waals surface area (Å²) in [6.07, 6.45) is 0.972. The molecule has 0 N–H and O–H groups in total. The molecular weight excluding hydrogens is 523 g/mol. The molecule has 0 unspecified atom stereocenters. The Labute approximate surface area is 240 Å². The number of nitrogens with zero attached hydrogens (tertiary/aromatic N) is 1. The zero-order valence-electron chi connectivity index (χ0n) is 26.7. The number of ether oxygens (including phenoxy) is 1. The molecule has 39 heavy (non-hydrogen) atoms. The fourth-order valence-electron chi connectivity index (χ4n) is 4.40. The number of benzene rings is 1. The van der Waals surface area contributed by atoms with Gasteiger partial charge in [-0.15, -0.1) is 0 Å². The number of amides is 2. The molecular formula is C31H55NO5Si2. The van der Waals surface area contributed by atoms with Crippen LogP contribution in [0, 0.1) is 11.8 Å². The lowest BCUT2D eigenvalue weighted by Gasteiger charge is -2.44. The minimum absolute atomic E-state index is 0.0332. The third kappa shape index (κ3) is 9.00. The van der Waals surface area contributed by atoms with Crippen molar-refractivity contribution in [2.75, 3.05) is 13.2 Å². The zero-order chi connectivity index (χ0) is 29.8. The maximum absolute atomic E-state index is 13.3. The number of rotatable bonds is 12. The number of cyclic esters (lactones) is 1. The molecule has 1 aliphatic heterocycles. The molecule has 1 aromatic carbocycles. The highest BCUT2D eigenvalue weighted by molar-refractivity contribution is 6.74. The first-order chi connectivity index (χ1) is 17.8. The van der Waals surface area contributed by atoms with E-state index in [1.165, 1.54) is 4.90 Å². The van der Waals surface area contributed by atoms with Crippen LogP contribution in [0.3, 0.4) is 0 Å². The summed E-state index contributed by atoms with van der Waals surface area (Å²) < 4.78 is 18.9. The summed E-state index contributed by atoms with van der Waals surface area (Å²) in [4.78, 5) is 27.2. The Morgan fingerprint density at radius 3 is 2.08 bits per heavy atom.